The second-order valence-electron chi connectivity index (χ2n) is 4.89. The van der Waals surface area contributed by atoms with Crippen molar-refractivity contribution in [3.63, 3.8) is 0 Å². The number of ether oxygens (including phenoxy) is 1. The van der Waals surface area contributed by atoms with Crippen molar-refractivity contribution in [2.45, 2.75) is 25.7 Å². The van der Waals surface area contributed by atoms with Crippen LogP contribution in [0.2, 0.25) is 0 Å². The second-order valence-corrected chi connectivity index (χ2v) is 4.89. The third-order valence-electron chi connectivity index (χ3n) is 3.32. The molecule has 4 nitrogen and oxygen atoms in total. The molecule has 1 amide bonds. The molecule has 0 aliphatic carbocycles. The summed E-state index contributed by atoms with van der Waals surface area (Å²) in [6.45, 7) is 4.31. The van der Waals surface area contributed by atoms with E-state index in [2.05, 4.69) is 10.2 Å². The molecule has 1 saturated heterocycles. The molecule has 0 atom stereocenters. The Balaban J connectivity index is 1.51. The van der Waals surface area contributed by atoms with Crippen LogP contribution in [0.5, 0.6) is 5.75 Å². The van der Waals surface area contributed by atoms with Gasteiger partial charge in [-0.3, -0.25) is 0 Å². The van der Waals surface area contributed by atoms with Gasteiger partial charge in [0.15, 0.2) is 0 Å². The van der Waals surface area contributed by atoms with E-state index >= 15 is 0 Å². The summed E-state index contributed by atoms with van der Waals surface area (Å²) in [6.07, 6.45) is 4.43. The van der Waals surface area contributed by atoms with Crippen LogP contribution in [0.1, 0.15) is 25.7 Å². The highest BCUT2D eigenvalue weighted by atomic mass is 16.5. The first-order valence-corrected chi connectivity index (χ1v) is 7.08. The Bertz CT molecular complexity index is 375. The van der Waals surface area contributed by atoms with E-state index in [4.69, 9.17) is 4.74 Å². The molecule has 1 aromatic rings. The summed E-state index contributed by atoms with van der Waals surface area (Å²) >= 11 is 0. The maximum Gasteiger partial charge on any atom is 0.412 e. The lowest BCUT2D eigenvalue weighted by Gasteiger charge is -2.13. The lowest BCUT2D eigenvalue weighted by molar-refractivity contribution is 0.200. The average molecular weight is 262 g/mol. The van der Waals surface area contributed by atoms with Crippen LogP contribution >= 0.6 is 0 Å². The molecule has 1 aliphatic heterocycles. The molecule has 0 aromatic heterocycles. The Morgan fingerprint density at radius 2 is 1.89 bits per heavy atom. The number of amides is 1. The van der Waals surface area contributed by atoms with Crippen molar-refractivity contribution >= 4 is 6.09 Å². The SMILES string of the molecule is O=C(NCCCCN1CCCC1)Oc1ccccc1. The van der Waals surface area contributed by atoms with Crippen molar-refractivity contribution in [2.24, 2.45) is 0 Å². The van der Waals surface area contributed by atoms with Gasteiger partial charge in [0.05, 0.1) is 0 Å². The summed E-state index contributed by atoms with van der Waals surface area (Å²) in [7, 11) is 0. The van der Waals surface area contributed by atoms with Crippen LogP contribution < -0.4 is 10.1 Å². The van der Waals surface area contributed by atoms with Crippen LogP contribution in [0, 0.1) is 0 Å². The van der Waals surface area contributed by atoms with E-state index in [1.165, 1.54) is 25.9 Å². The largest absolute Gasteiger partial charge is 0.412 e. The van der Waals surface area contributed by atoms with Gasteiger partial charge in [0.2, 0.25) is 0 Å². The van der Waals surface area contributed by atoms with E-state index in [1.807, 2.05) is 18.2 Å². The van der Waals surface area contributed by atoms with E-state index in [0.29, 0.717) is 12.3 Å². The van der Waals surface area contributed by atoms with Gasteiger partial charge in [0.25, 0.3) is 0 Å². The first kappa shape index (κ1) is 13.9. The molecular weight excluding hydrogens is 240 g/mol. The van der Waals surface area contributed by atoms with Gasteiger partial charge in [-0.1, -0.05) is 18.2 Å². The van der Waals surface area contributed by atoms with E-state index in [0.717, 1.165) is 19.4 Å². The van der Waals surface area contributed by atoms with Gasteiger partial charge in [-0.05, 0) is 57.5 Å². The summed E-state index contributed by atoms with van der Waals surface area (Å²) in [4.78, 5) is 14.0. The molecule has 0 bridgehead atoms. The van der Waals surface area contributed by atoms with Gasteiger partial charge in [-0.2, -0.15) is 0 Å². The molecule has 1 aliphatic rings. The minimum Gasteiger partial charge on any atom is -0.410 e. The number of carbonyl (C=O) groups excluding carboxylic acids is 1. The van der Waals surface area contributed by atoms with Crippen molar-refractivity contribution in [1.29, 1.82) is 0 Å². The molecule has 1 heterocycles. The summed E-state index contributed by atoms with van der Waals surface area (Å²) in [5.74, 6) is 0.581. The number of likely N-dealkylation sites (tertiary alicyclic amines) is 1. The Morgan fingerprint density at radius 1 is 1.16 bits per heavy atom. The van der Waals surface area contributed by atoms with Gasteiger partial charge in [-0.15, -0.1) is 0 Å². The maximum absolute atomic E-state index is 11.5. The highest BCUT2D eigenvalue weighted by Gasteiger charge is 2.10. The number of rotatable bonds is 6. The quantitative estimate of drug-likeness (QED) is 0.801. The van der Waals surface area contributed by atoms with E-state index in [9.17, 15) is 4.79 Å². The average Bonchev–Trinajstić information content (AvgIpc) is 2.92. The van der Waals surface area contributed by atoms with Crippen molar-refractivity contribution in [1.82, 2.24) is 10.2 Å². The Kier molecular flexibility index (Phi) is 5.69. The molecule has 0 saturated carbocycles. The van der Waals surface area contributed by atoms with Gasteiger partial charge < -0.3 is 15.0 Å². The third kappa shape index (κ3) is 5.30. The normalized spacial score (nSPS) is 15.4. The molecule has 2 rings (SSSR count). The first-order chi connectivity index (χ1) is 9.34. The van der Waals surface area contributed by atoms with Gasteiger partial charge >= 0.3 is 6.09 Å². The fourth-order valence-electron chi connectivity index (χ4n) is 2.29. The predicted octanol–water partition coefficient (Wildman–Crippen LogP) is 2.65. The maximum atomic E-state index is 11.5. The standard InChI is InChI=1S/C15H22N2O2/c18-15(19-14-8-2-1-3-9-14)16-10-4-5-11-17-12-6-7-13-17/h1-3,8-9H,4-7,10-13H2,(H,16,18). The molecular formula is C15H22N2O2. The number of hydrogen-bond donors (Lipinski definition) is 1. The molecule has 1 N–H and O–H groups in total. The number of nitrogens with one attached hydrogen (secondary N) is 1. The highest BCUT2D eigenvalue weighted by Crippen LogP contribution is 2.09. The number of benzene rings is 1. The lowest BCUT2D eigenvalue weighted by Crippen LogP contribution is -2.28. The Labute approximate surface area is 114 Å². The molecule has 0 unspecified atom stereocenters. The molecule has 1 aromatic carbocycles. The zero-order valence-corrected chi connectivity index (χ0v) is 11.3. The van der Waals surface area contributed by atoms with E-state index in [-0.39, 0.29) is 6.09 Å². The Morgan fingerprint density at radius 3 is 2.63 bits per heavy atom. The highest BCUT2D eigenvalue weighted by molar-refractivity contribution is 5.70. The summed E-state index contributed by atoms with van der Waals surface area (Å²) in [5.41, 5.74) is 0. The van der Waals surface area contributed by atoms with Crippen LogP contribution in [0.4, 0.5) is 4.79 Å². The van der Waals surface area contributed by atoms with Crippen LogP contribution in [0.25, 0.3) is 0 Å². The molecule has 0 radical (unpaired) electrons. The van der Waals surface area contributed by atoms with Gasteiger partial charge in [-0.25, -0.2) is 4.79 Å². The zero-order valence-electron chi connectivity index (χ0n) is 11.3. The summed E-state index contributed by atoms with van der Waals surface area (Å²) in [5, 5.41) is 2.78. The molecule has 4 heteroatoms. The smallest absolute Gasteiger partial charge is 0.410 e. The van der Waals surface area contributed by atoms with Crippen molar-refractivity contribution < 1.29 is 9.53 Å². The van der Waals surface area contributed by atoms with Crippen LogP contribution in [-0.2, 0) is 0 Å². The Hall–Kier alpha value is -1.55. The summed E-state index contributed by atoms with van der Waals surface area (Å²) in [6, 6.07) is 9.13. The van der Waals surface area contributed by atoms with Crippen molar-refractivity contribution in [3.05, 3.63) is 30.3 Å². The first-order valence-electron chi connectivity index (χ1n) is 7.08. The summed E-state index contributed by atoms with van der Waals surface area (Å²) < 4.78 is 5.13. The number of unbranched alkanes of at least 4 members (excludes halogenated alkanes) is 1. The fraction of sp³-hybridized carbons (Fsp3) is 0.533. The second kappa shape index (κ2) is 7.79. The minimum absolute atomic E-state index is 0.368. The lowest BCUT2D eigenvalue weighted by atomic mass is 10.3. The van der Waals surface area contributed by atoms with Gasteiger partial charge in [0.1, 0.15) is 5.75 Å². The fourth-order valence-corrected chi connectivity index (χ4v) is 2.29. The number of carbonyl (C=O) groups is 1. The molecule has 1 fully saturated rings. The van der Waals surface area contributed by atoms with Crippen LogP contribution in [-0.4, -0.2) is 37.2 Å². The third-order valence-corrected chi connectivity index (χ3v) is 3.32. The van der Waals surface area contributed by atoms with E-state index < -0.39 is 0 Å². The van der Waals surface area contributed by atoms with Crippen molar-refractivity contribution in [2.75, 3.05) is 26.2 Å². The minimum atomic E-state index is -0.368. The molecule has 0 spiro atoms. The zero-order chi connectivity index (χ0) is 13.3. The number of hydrogen-bond acceptors (Lipinski definition) is 3. The van der Waals surface area contributed by atoms with Gasteiger partial charge in [0, 0.05) is 6.54 Å². The molecule has 19 heavy (non-hydrogen) atoms. The van der Waals surface area contributed by atoms with Crippen LogP contribution in [0.15, 0.2) is 30.3 Å². The predicted molar refractivity (Wildman–Crippen MR) is 75.4 cm³/mol. The van der Waals surface area contributed by atoms with Crippen molar-refractivity contribution in [3.8, 4) is 5.75 Å². The van der Waals surface area contributed by atoms with E-state index in [1.54, 1.807) is 12.1 Å². The number of para-hydroxylation sites is 1. The topological polar surface area (TPSA) is 41.6 Å². The van der Waals surface area contributed by atoms with Crippen LogP contribution in [0.3, 0.4) is 0 Å². The monoisotopic (exact) mass is 262 g/mol. The number of nitrogens with zero attached hydrogens (tertiary/aromatic N) is 1. The molecule has 104 valence electrons.